The van der Waals surface area contributed by atoms with Crippen LogP contribution in [0.4, 0.5) is 4.79 Å². The van der Waals surface area contributed by atoms with E-state index in [0.717, 1.165) is 30.4 Å². The zero-order valence-corrected chi connectivity index (χ0v) is 16.6. The molecule has 9 nitrogen and oxygen atoms in total. The Bertz CT molecular complexity index is 832. The molecule has 0 radical (unpaired) electrons. The molecular weight excluding hydrogens is 378 g/mol. The van der Waals surface area contributed by atoms with Gasteiger partial charge in [0.1, 0.15) is 11.3 Å². The van der Waals surface area contributed by atoms with Gasteiger partial charge in [-0.25, -0.2) is 9.59 Å². The summed E-state index contributed by atoms with van der Waals surface area (Å²) in [5.41, 5.74) is 3.41. The molecule has 1 spiro atoms. The lowest BCUT2D eigenvalue weighted by Gasteiger charge is -2.30. The summed E-state index contributed by atoms with van der Waals surface area (Å²) in [4.78, 5) is 48.5. The van der Waals surface area contributed by atoms with Crippen molar-refractivity contribution in [1.82, 2.24) is 15.8 Å². The van der Waals surface area contributed by atoms with Gasteiger partial charge >= 0.3 is 12.0 Å². The van der Waals surface area contributed by atoms with Crippen LogP contribution in [0.15, 0.2) is 18.2 Å². The minimum Gasteiger partial charge on any atom is -0.482 e. The molecule has 1 saturated heterocycles. The summed E-state index contributed by atoms with van der Waals surface area (Å²) in [6, 6.07) is 4.74. The van der Waals surface area contributed by atoms with Crippen LogP contribution in [0.5, 0.6) is 5.75 Å². The van der Waals surface area contributed by atoms with Crippen LogP contribution in [0.3, 0.4) is 0 Å². The van der Waals surface area contributed by atoms with Gasteiger partial charge in [-0.1, -0.05) is 25.3 Å². The molecule has 1 aromatic carbocycles. The van der Waals surface area contributed by atoms with Crippen molar-refractivity contribution >= 4 is 23.8 Å². The van der Waals surface area contributed by atoms with Gasteiger partial charge in [-0.3, -0.25) is 15.0 Å². The number of aryl methyl sites for hydroxylation is 2. The lowest BCUT2D eigenvalue weighted by atomic mass is 9.82. The first-order chi connectivity index (χ1) is 13.8. The monoisotopic (exact) mass is 403 g/mol. The van der Waals surface area contributed by atoms with Gasteiger partial charge in [-0.05, 0) is 49.9 Å². The van der Waals surface area contributed by atoms with Crippen molar-refractivity contribution in [2.24, 2.45) is 0 Å². The number of rotatable bonds is 6. The number of hydrazine groups is 1. The molecule has 1 saturated carbocycles. The molecule has 2 N–H and O–H groups in total. The maximum absolute atomic E-state index is 12.6. The van der Waals surface area contributed by atoms with E-state index in [1.807, 2.05) is 19.9 Å². The number of esters is 1. The number of hydrogen-bond donors (Lipinski definition) is 2. The zero-order chi connectivity index (χ0) is 21.0. The lowest BCUT2D eigenvalue weighted by molar-refractivity contribution is -0.152. The highest BCUT2D eigenvalue weighted by atomic mass is 16.6. The van der Waals surface area contributed by atoms with Crippen LogP contribution in [0.1, 0.15) is 43.2 Å². The predicted molar refractivity (Wildman–Crippen MR) is 102 cm³/mol. The molecule has 2 aliphatic rings. The summed E-state index contributed by atoms with van der Waals surface area (Å²) < 4.78 is 10.2. The molecule has 4 amide bonds. The Morgan fingerprint density at radius 1 is 1.10 bits per heavy atom. The highest BCUT2D eigenvalue weighted by molar-refractivity contribution is 6.08. The van der Waals surface area contributed by atoms with E-state index < -0.39 is 36.0 Å². The number of carbonyl (C=O) groups excluding carboxylic acids is 4. The molecular formula is C20H25N3O6. The van der Waals surface area contributed by atoms with Crippen LogP contribution < -0.4 is 15.5 Å². The summed E-state index contributed by atoms with van der Waals surface area (Å²) >= 11 is 0. The maximum atomic E-state index is 12.6. The number of amides is 4. The Morgan fingerprint density at radius 3 is 2.52 bits per heavy atom. The Hall–Kier alpha value is -3.10. The first-order valence-corrected chi connectivity index (χ1v) is 9.63. The fraction of sp³-hybridized carbons (Fsp3) is 0.500. The lowest BCUT2D eigenvalue weighted by Crippen LogP contribution is -2.51. The second-order valence-corrected chi connectivity index (χ2v) is 7.44. The molecule has 0 bridgehead atoms. The molecule has 29 heavy (non-hydrogen) atoms. The molecule has 1 heterocycles. The van der Waals surface area contributed by atoms with Gasteiger partial charge in [0.05, 0.1) is 0 Å². The number of benzene rings is 1. The fourth-order valence-electron chi connectivity index (χ4n) is 3.51. The number of carbonyl (C=O) groups is 4. The number of nitrogens with one attached hydrogen (secondary N) is 2. The molecule has 2 fully saturated rings. The van der Waals surface area contributed by atoms with Crippen LogP contribution in [-0.4, -0.2) is 47.6 Å². The Kier molecular flexibility index (Phi) is 6.05. The second-order valence-electron chi connectivity index (χ2n) is 7.44. The molecule has 0 atom stereocenters. The van der Waals surface area contributed by atoms with Crippen molar-refractivity contribution in [2.45, 2.75) is 51.5 Å². The highest BCUT2D eigenvalue weighted by Gasteiger charge is 2.52. The van der Waals surface area contributed by atoms with Crippen LogP contribution in [0, 0.1) is 13.8 Å². The predicted octanol–water partition coefficient (Wildman–Crippen LogP) is 1.51. The van der Waals surface area contributed by atoms with Gasteiger partial charge in [0.15, 0.2) is 13.2 Å². The van der Waals surface area contributed by atoms with E-state index in [-0.39, 0.29) is 6.61 Å². The summed E-state index contributed by atoms with van der Waals surface area (Å²) in [6.45, 7) is 2.91. The first-order valence-electron chi connectivity index (χ1n) is 9.63. The summed E-state index contributed by atoms with van der Waals surface area (Å²) in [5.74, 6) is -1.47. The van der Waals surface area contributed by atoms with E-state index in [0.29, 0.717) is 23.6 Å². The van der Waals surface area contributed by atoms with Crippen molar-refractivity contribution in [2.75, 3.05) is 13.2 Å². The maximum Gasteiger partial charge on any atom is 0.344 e. The summed E-state index contributed by atoms with van der Waals surface area (Å²) in [5, 5.41) is 3.35. The molecule has 0 aromatic heterocycles. The third-order valence-electron chi connectivity index (χ3n) is 5.30. The largest absolute Gasteiger partial charge is 0.482 e. The van der Waals surface area contributed by atoms with Gasteiger partial charge in [0, 0.05) is 0 Å². The Balaban J connectivity index is 1.44. The van der Waals surface area contributed by atoms with Crippen molar-refractivity contribution < 1.29 is 28.7 Å². The molecule has 1 aliphatic heterocycles. The summed E-state index contributed by atoms with van der Waals surface area (Å²) in [6.07, 6.45) is 3.79. The van der Waals surface area contributed by atoms with Gasteiger partial charge < -0.3 is 14.8 Å². The smallest absolute Gasteiger partial charge is 0.344 e. The minimum atomic E-state index is -0.931. The molecule has 3 rings (SSSR count). The quantitative estimate of drug-likeness (QED) is 0.550. The van der Waals surface area contributed by atoms with E-state index in [1.165, 1.54) is 0 Å². The second kappa shape index (κ2) is 8.50. The third kappa shape index (κ3) is 4.67. The van der Waals surface area contributed by atoms with Crippen molar-refractivity contribution in [3.8, 4) is 5.75 Å². The van der Waals surface area contributed by atoms with Crippen molar-refractivity contribution in [3.05, 3.63) is 29.3 Å². The minimum absolute atomic E-state index is 0.359. The average Bonchev–Trinajstić information content (AvgIpc) is 2.91. The fourth-order valence-corrected chi connectivity index (χ4v) is 3.51. The molecule has 0 unspecified atom stereocenters. The van der Waals surface area contributed by atoms with E-state index in [2.05, 4.69) is 10.7 Å². The number of ether oxygens (including phenoxy) is 2. The molecule has 1 aliphatic carbocycles. The van der Waals surface area contributed by atoms with Crippen LogP contribution in [0.2, 0.25) is 0 Å². The van der Waals surface area contributed by atoms with E-state index in [1.54, 1.807) is 12.1 Å². The van der Waals surface area contributed by atoms with Gasteiger partial charge in [-0.15, -0.1) is 0 Å². The number of urea groups is 1. The average molecular weight is 403 g/mol. The highest BCUT2D eigenvalue weighted by Crippen LogP contribution is 2.32. The third-order valence-corrected chi connectivity index (χ3v) is 5.30. The zero-order valence-electron chi connectivity index (χ0n) is 16.6. The number of nitrogens with zero attached hydrogens (tertiary/aromatic N) is 1. The number of imide groups is 1. The molecule has 9 heteroatoms. The Morgan fingerprint density at radius 2 is 1.83 bits per heavy atom. The first kappa shape index (κ1) is 20.6. The molecule has 156 valence electrons. The number of hydrogen-bond acceptors (Lipinski definition) is 6. The molecule has 1 aromatic rings. The van der Waals surface area contributed by atoms with Gasteiger partial charge in [-0.2, -0.15) is 5.01 Å². The van der Waals surface area contributed by atoms with Crippen molar-refractivity contribution in [3.63, 3.8) is 0 Å². The standard InChI is InChI=1S/C20H25N3O6/c1-13-6-7-15(10-14(13)2)28-12-17(25)29-11-16(24)22-23-18(26)20(21-19(23)27)8-4-3-5-9-20/h6-7,10H,3-5,8-9,11-12H2,1-2H3,(H,21,27)(H,22,24). The SMILES string of the molecule is Cc1ccc(OCC(=O)OCC(=O)NN2C(=O)NC3(CCCCC3)C2=O)cc1C. The van der Waals surface area contributed by atoms with E-state index in [9.17, 15) is 19.2 Å². The van der Waals surface area contributed by atoms with E-state index in [4.69, 9.17) is 9.47 Å². The van der Waals surface area contributed by atoms with Crippen LogP contribution in [0.25, 0.3) is 0 Å². The topological polar surface area (TPSA) is 114 Å². The van der Waals surface area contributed by atoms with Crippen LogP contribution in [-0.2, 0) is 19.1 Å². The van der Waals surface area contributed by atoms with Gasteiger partial charge in [0.2, 0.25) is 0 Å². The Labute approximate surface area is 168 Å². The van der Waals surface area contributed by atoms with Crippen molar-refractivity contribution in [1.29, 1.82) is 0 Å². The van der Waals surface area contributed by atoms with Crippen LogP contribution >= 0.6 is 0 Å². The normalized spacial score (nSPS) is 17.8. The summed E-state index contributed by atoms with van der Waals surface area (Å²) in [7, 11) is 0. The van der Waals surface area contributed by atoms with E-state index >= 15 is 0 Å². The van der Waals surface area contributed by atoms with Gasteiger partial charge in [0.25, 0.3) is 11.8 Å².